The van der Waals surface area contributed by atoms with Crippen LogP contribution in [0.1, 0.15) is 47.9 Å². The van der Waals surface area contributed by atoms with E-state index in [1.165, 1.54) is 16.5 Å². The largest absolute Gasteiger partial charge is 0.303 e. The van der Waals surface area contributed by atoms with Crippen LogP contribution in [0.3, 0.4) is 0 Å². The average Bonchev–Trinajstić information content (AvgIpc) is 2.80. The highest BCUT2D eigenvalue weighted by atomic mass is 35.5. The van der Waals surface area contributed by atoms with E-state index in [9.17, 15) is 4.39 Å². The summed E-state index contributed by atoms with van der Waals surface area (Å²) >= 11 is 7.80. The Labute approximate surface area is 127 Å². The van der Waals surface area contributed by atoms with Gasteiger partial charge in [0.05, 0.1) is 4.34 Å². The lowest BCUT2D eigenvalue weighted by Crippen LogP contribution is -2.27. The van der Waals surface area contributed by atoms with Crippen LogP contribution in [0, 0.1) is 5.82 Å². The van der Waals surface area contributed by atoms with Crippen molar-refractivity contribution in [1.29, 1.82) is 0 Å². The summed E-state index contributed by atoms with van der Waals surface area (Å²) in [6, 6.07) is 9.29. The maximum atomic E-state index is 13.8. The number of halogens is 2. The topological polar surface area (TPSA) is 12.0 Å². The highest BCUT2D eigenvalue weighted by Gasteiger charge is 2.24. The number of hydrogen-bond acceptors (Lipinski definition) is 2. The molecule has 0 amide bonds. The van der Waals surface area contributed by atoms with Crippen molar-refractivity contribution in [2.75, 3.05) is 0 Å². The molecule has 1 nitrogen and oxygen atoms in total. The first-order valence-electron chi connectivity index (χ1n) is 6.93. The fourth-order valence-electron chi connectivity index (χ4n) is 2.91. The van der Waals surface area contributed by atoms with Crippen molar-refractivity contribution in [2.45, 2.75) is 38.3 Å². The van der Waals surface area contributed by atoms with Gasteiger partial charge in [0.2, 0.25) is 0 Å². The van der Waals surface area contributed by atoms with Gasteiger partial charge in [-0.2, -0.15) is 0 Å². The number of fused-ring (bicyclic) bond motifs is 1. The molecule has 1 N–H and O–H groups in total. The summed E-state index contributed by atoms with van der Waals surface area (Å²) in [5.74, 6) is -0.146. The smallest absolute Gasteiger partial charge is 0.127 e. The van der Waals surface area contributed by atoms with Gasteiger partial charge in [-0.05, 0) is 43.9 Å². The number of benzene rings is 1. The van der Waals surface area contributed by atoms with Crippen molar-refractivity contribution in [3.63, 3.8) is 0 Å². The first kappa shape index (κ1) is 14.1. The Kier molecular flexibility index (Phi) is 4.11. The van der Waals surface area contributed by atoms with Crippen LogP contribution in [0.2, 0.25) is 4.34 Å². The van der Waals surface area contributed by atoms with Gasteiger partial charge in [0, 0.05) is 22.5 Å². The molecule has 106 valence electrons. The van der Waals surface area contributed by atoms with E-state index in [1.807, 2.05) is 19.1 Å². The highest BCUT2D eigenvalue weighted by molar-refractivity contribution is 7.16. The molecule has 0 fully saturated rings. The highest BCUT2D eigenvalue weighted by Crippen LogP contribution is 2.38. The molecular weight excluding hydrogens is 293 g/mol. The van der Waals surface area contributed by atoms with Gasteiger partial charge < -0.3 is 5.32 Å². The van der Waals surface area contributed by atoms with E-state index in [2.05, 4.69) is 11.4 Å². The number of nitrogens with one attached hydrogen (secondary N) is 1. The minimum Gasteiger partial charge on any atom is -0.303 e. The third-order valence-corrected chi connectivity index (χ3v) is 5.25. The molecule has 3 rings (SSSR count). The van der Waals surface area contributed by atoms with E-state index in [0.29, 0.717) is 0 Å². The molecule has 0 bridgehead atoms. The van der Waals surface area contributed by atoms with Crippen LogP contribution in [0.5, 0.6) is 0 Å². The molecular formula is C16H17ClFNS. The fraction of sp³-hybridized carbons (Fsp3) is 0.375. The molecule has 2 aromatic rings. The summed E-state index contributed by atoms with van der Waals surface area (Å²) in [6.45, 7) is 2.01. The summed E-state index contributed by atoms with van der Waals surface area (Å²) in [5, 5.41) is 3.55. The van der Waals surface area contributed by atoms with E-state index in [0.717, 1.165) is 29.2 Å². The number of rotatable bonds is 3. The van der Waals surface area contributed by atoms with Crippen molar-refractivity contribution >= 4 is 22.9 Å². The summed E-state index contributed by atoms with van der Waals surface area (Å²) < 4.78 is 14.7. The van der Waals surface area contributed by atoms with Gasteiger partial charge in [0.1, 0.15) is 5.82 Å². The van der Waals surface area contributed by atoms with Gasteiger partial charge in [-0.1, -0.05) is 29.8 Å². The van der Waals surface area contributed by atoms with Crippen molar-refractivity contribution in [3.8, 4) is 0 Å². The molecule has 0 saturated carbocycles. The maximum absolute atomic E-state index is 13.8. The fourth-order valence-corrected chi connectivity index (χ4v) is 4.30. The second-order valence-corrected chi connectivity index (χ2v) is 7.05. The molecule has 4 heteroatoms. The number of aryl methyl sites for hydroxylation is 1. The Morgan fingerprint density at radius 1 is 1.40 bits per heavy atom. The molecule has 1 aromatic carbocycles. The molecule has 0 saturated heterocycles. The van der Waals surface area contributed by atoms with E-state index in [-0.39, 0.29) is 17.9 Å². The van der Waals surface area contributed by atoms with Gasteiger partial charge in [-0.15, -0.1) is 11.3 Å². The lowest BCUT2D eigenvalue weighted by Gasteiger charge is -2.27. The van der Waals surface area contributed by atoms with Crippen molar-refractivity contribution in [2.24, 2.45) is 0 Å². The summed E-state index contributed by atoms with van der Waals surface area (Å²) in [6.07, 6.45) is 3.35. The Bertz CT molecular complexity index is 610. The Morgan fingerprint density at radius 2 is 2.20 bits per heavy atom. The van der Waals surface area contributed by atoms with Crippen LogP contribution < -0.4 is 5.32 Å². The molecule has 0 aliphatic heterocycles. The second-order valence-electron chi connectivity index (χ2n) is 5.28. The molecule has 0 spiro atoms. The zero-order valence-electron chi connectivity index (χ0n) is 11.3. The van der Waals surface area contributed by atoms with E-state index in [1.54, 1.807) is 17.4 Å². The minimum atomic E-state index is -0.146. The van der Waals surface area contributed by atoms with Crippen molar-refractivity contribution < 1.29 is 4.39 Å². The van der Waals surface area contributed by atoms with Crippen LogP contribution in [0.15, 0.2) is 30.3 Å². The number of thiophene rings is 1. The summed E-state index contributed by atoms with van der Waals surface area (Å²) in [4.78, 5) is 1.37. The molecule has 1 aliphatic carbocycles. The van der Waals surface area contributed by atoms with Crippen molar-refractivity contribution in [1.82, 2.24) is 5.32 Å². The number of hydrogen-bond donors (Lipinski definition) is 1. The molecule has 1 aliphatic rings. The van der Waals surface area contributed by atoms with E-state index < -0.39 is 0 Å². The lowest BCUT2D eigenvalue weighted by atomic mass is 9.93. The van der Waals surface area contributed by atoms with Crippen molar-refractivity contribution in [3.05, 3.63) is 56.5 Å². The molecule has 2 unspecified atom stereocenters. The maximum Gasteiger partial charge on any atom is 0.127 e. The Balaban J connectivity index is 1.80. The molecule has 1 aromatic heterocycles. The van der Waals surface area contributed by atoms with Crippen LogP contribution in [-0.4, -0.2) is 0 Å². The zero-order valence-corrected chi connectivity index (χ0v) is 12.9. The monoisotopic (exact) mass is 309 g/mol. The van der Waals surface area contributed by atoms with Gasteiger partial charge in [0.15, 0.2) is 0 Å². The quantitative estimate of drug-likeness (QED) is 0.814. The van der Waals surface area contributed by atoms with Crippen LogP contribution in [0.4, 0.5) is 4.39 Å². The lowest BCUT2D eigenvalue weighted by molar-refractivity contribution is 0.410. The zero-order chi connectivity index (χ0) is 14.1. The van der Waals surface area contributed by atoms with Gasteiger partial charge in [-0.25, -0.2) is 4.39 Å². The molecule has 2 atom stereocenters. The van der Waals surface area contributed by atoms with E-state index in [4.69, 9.17) is 11.6 Å². The first-order chi connectivity index (χ1) is 9.65. The summed E-state index contributed by atoms with van der Waals surface area (Å²) in [7, 11) is 0. The predicted octanol–water partition coefficient (Wildman–Crippen LogP) is 5.27. The molecule has 0 radical (unpaired) electrons. The first-order valence-corrected chi connectivity index (χ1v) is 8.13. The SMILES string of the molecule is CC(NC1CCCc2sc(Cl)cc21)c1ccccc1F. The normalized spacial score (nSPS) is 19.6. The standard InChI is InChI=1S/C16H17ClFNS/c1-10(11-5-2-3-6-13(11)18)19-14-7-4-8-15-12(14)9-16(17)20-15/h2-3,5-6,9-10,14,19H,4,7-8H2,1H3. The minimum absolute atomic E-state index is 0.00849. The Morgan fingerprint density at radius 3 is 3.00 bits per heavy atom. The Hall–Kier alpha value is -0.900. The van der Waals surface area contributed by atoms with Gasteiger partial charge in [-0.3, -0.25) is 0 Å². The third-order valence-electron chi connectivity index (χ3n) is 3.91. The summed E-state index contributed by atoms with van der Waals surface area (Å²) in [5.41, 5.74) is 2.02. The van der Waals surface area contributed by atoms with Crippen LogP contribution >= 0.6 is 22.9 Å². The van der Waals surface area contributed by atoms with Crippen LogP contribution in [0.25, 0.3) is 0 Å². The van der Waals surface area contributed by atoms with Crippen LogP contribution in [-0.2, 0) is 6.42 Å². The third kappa shape index (κ3) is 2.76. The second kappa shape index (κ2) is 5.84. The van der Waals surface area contributed by atoms with Gasteiger partial charge in [0.25, 0.3) is 0 Å². The predicted molar refractivity (Wildman–Crippen MR) is 83.0 cm³/mol. The molecule has 20 heavy (non-hydrogen) atoms. The average molecular weight is 310 g/mol. The molecule has 1 heterocycles. The van der Waals surface area contributed by atoms with Gasteiger partial charge >= 0.3 is 0 Å². The van der Waals surface area contributed by atoms with E-state index >= 15 is 0 Å².